The van der Waals surface area contributed by atoms with Crippen LogP contribution in [-0.2, 0) is 0 Å². The summed E-state index contributed by atoms with van der Waals surface area (Å²) in [6, 6.07) is 5.47. The molecule has 102 valence electrons. The van der Waals surface area contributed by atoms with Gasteiger partial charge in [-0.05, 0) is 18.6 Å². The molecule has 0 spiro atoms. The van der Waals surface area contributed by atoms with E-state index in [1.807, 2.05) is 0 Å². The number of hydrogen-bond donors (Lipinski definition) is 1. The molecule has 5 nitrogen and oxygen atoms in total. The number of nitriles is 1. The molecule has 0 radical (unpaired) electrons. The van der Waals surface area contributed by atoms with Gasteiger partial charge >= 0.3 is 6.18 Å². The van der Waals surface area contributed by atoms with Crippen molar-refractivity contribution in [2.24, 2.45) is 0 Å². The topological polar surface area (TPSA) is 79.0 Å². The molecule has 0 heterocycles. The highest BCUT2D eigenvalue weighted by Crippen LogP contribution is 2.26. The molecule has 19 heavy (non-hydrogen) atoms. The Kier molecular flexibility index (Phi) is 4.69. The SMILES string of the molecule is N#Cc1ccc([N+](=O)[O-])c(NCCCC(F)(F)F)c1. The van der Waals surface area contributed by atoms with Gasteiger partial charge in [-0.3, -0.25) is 10.1 Å². The number of nitrogens with zero attached hydrogens (tertiary/aromatic N) is 2. The summed E-state index contributed by atoms with van der Waals surface area (Å²) in [5.74, 6) is 0. The summed E-state index contributed by atoms with van der Waals surface area (Å²) in [6.45, 7) is -0.0603. The van der Waals surface area contributed by atoms with E-state index in [1.165, 1.54) is 12.1 Å². The normalized spacial score (nSPS) is 10.8. The van der Waals surface area contributed by atoms with Gasteiger partial charge < -0.3 is 5.32 Å². The lowest BCUT2D eigenvalue weighted by molar-refractivity contribution is -0.384. The Labute approximate surface area is 106 Å². The molecule has 1 rings (SSSR count). The molecule has 0 bridgehead atoms. The third-order valence-corrected chi connectivity index (χ3v) is 2.27. The molecule has 0 unspecified atom stereocenters. The third kappa shape index (κ3) is 4.83. The zero-order valence-corrected chi connectivity index (χ0v) is 9.70. The predicted octanol–water partition coefficient (Wildman–Crippen LogP) is 3.22. The first-order valence-corrected chi connectivity index (χ1v) is 5.32. The molecule has 0 fully saturated rings. The van der Waals surface area contributed by atoms with Crippen LogP contribution in [0.1, 0.15) is 18.4 Å². The van der Waals surface area contributed by atoms with E-state index in [-0.39, 0.29) is 29.9 Å². The lowest BCUT2D eigenvalue weighted by Crippen LogP contribution is -2.11. The lowest BCUT2D eigenvalue weighted by Gasteiger charge is -2.09. The van der Waals surface area contributed by atoms with E-state index in [0.29, 0.717) is 0 Å². The summed E-state index contributed by atoms with van der Waals surface area (Å²) >= 11 is 0. The summed E-state index contributed by atoms with van der Waals surface area (Å²) in [6.07, 6.45) is -5.41. The van der Waals surface area contributed by atoms with Gasteiger partial charge in [-0.15, -0.1) is 0 Å². The van der Waals surface area contributed by atoms with Crippen molar-refractivity contribution in [3.05, 3.63) is 33.9 Å². The zero-order chi connectivity index (χ0) is 14.5. The summed E-state index contributed by atoms with van der Waals surface area (Å²) in [5.41, 5.74) is -0.0267. The Morgan fingerprint density at radius 2 is 2.11 bits per heavy atom. The van der Waals surface area contributed by atoms with Crippen LogP contribution in [0.3, 0.4) is 0 Å². The zero-order valence-electron chi connectivity index (χ0n) is 9.70. The van der Waals surface area contributed by atoms with Crippen LogP contribution in [-0.4, -0.2) is 17.6 Å². The molecule has 0 aliphatic heterocycles. The number of alkyl halides is 3. The summed E-state index contributed by atoms with van der Waals surface area (Å²) < 4.78 is 35.8. The van der Waals surface area contributed by atoms with E-state index in [9.17, 15) is 23.3 Å². The molecular weight excluding hydrogens is 263 g/mol. The van der Waals surface area contributed by atoms with E-state index < -0.39 is 17.5 Å². The molecule has 1 N–H and O–H groups in total. The fraction of sp³-hybridized carbons (Fsp3) is 0.364. The van der Waals surface area contributed by atoms with E-state index in [1.54, 1.807) is 6.07 Å². The monoisotopic (exact) mass is 273 g/mol. The second kappa shape index (κ2) is 6.04. The first-order chi connectivity index (χ1) is 8.83. The predicted molar refractivity (Wildman–Crippen MR) is 61.6 cm³/mol. The van der Waals surface area contributed by atoms with E-state index in [4.69, 9.17) is 5.26 Å². The molecule has 0 saturated carbocycles. The van der Waals surface area contributed by atoms with Crippen LogP contribution < -0.4 is 5.32 Å². The smallest absolute Gasteiger partial charge is 0.379 e. The highest BCUT2D eigenvalue weighted by molar-refractivity contribution is 5.64. The Morgan fingerprint density at radius 1 is 1.42 bits per heavy atom. The van der Waals surface area contributed by atoms with Gasteiger partial charge in [0.1, 0.15) is 5.69 Å². The maximum Gasteiger partial charge on any atom is 0.389 e. The van der Waals surface area contributed by atoms with Gasteiger partial charge in [-0.25, -0.2) is 0 Å². The minimum atomic E-state index is -4.25. The maximum atomic E-state index is 11.9. The third-order valence-electron chi connectivity index (χ3n) is 2.27. The molecule has 0 aromatic heterocycles. The number of nitro benzene ring substituents is 1. The van der Waals surface area contributed by atoms with Crippen molar-refractivity contribution in [3.8, 4) is 6.07 Å². The Balaban J connectivity index is 2.71. The fourth-order valence-electron chi connectivity index (χ4n) is 1.42. The van der Waals surface area contributed by atoms with Crippen LogP contribution in [0.25, 0.3) is 0 Å². The molecule has 0 amide bonds. The van der Waals surface area contributed by atoms with Crippen molar-refractivity contribution < 1.29 is 18.1 Å². The molecule has 0 saturated heterocycles. The largest absolute Gasteiger partial charge is 0.389 e. The van der Waals surface area contributed by atoms with Gasteiger partial charge in [-0.1, -0.05) is 0 Å². The van der Waals surface area contributed by atoms with Gasteiger partial charge in [0.25, 0.3) is 5.69 Å². The first-order valence-electron chi connectivity index (χ1n) is 5.32. The van der Waals surface area contributed by atoms with Crippen molar-refractivity contribution in [2.45, 2.75) is 19.0 Å². The van der Waals surface area contributed by atoms with Crippen LogP contribution in [0, 0.1) is 21.4 Å². The number of halogens is 3. The molecule has 0 atom stereocenters. The number of benzene rings is 1. The lowest BCUT2D eigenvalue weighted by atomic mass is 10.2. The number of rotatable bonds is 5. The number of nitro groups is 1. The minimum absolute atomic E-state index is 0.0474. The van der Waals surface area contributed by atoms with Gasteiger partial charge in [0, 0.05) is 19.0 Å². The van der Waals surface area contributed by atoms with Crippen LogP contribution in [0.4, 0.5) is 24.5 Å². The summed E-state index contributed by atoms with van der Waals surface area (Å²) in [7, 11) is 0. The number of anilines is 1. The summed E-state index contributed by atoms with van der Waals surface area (Å²) in [4.78, 5) is 10.1. The van der Waals surface area contributed by atoms with Crippen LogP contribution >= 0.6 is 0 Å². The maximum absolute atomic E-state index is 11.9. The average Bonchev–Trinajstić information content (AvgIpc) is 2.33. The molecule has 0 aliphatic carbocycles. The fourth-order valence-corrected chi connectivity index (χ4v) is 1.42. The molecule has 8 heteroatoms. The molecule has 1 aromatic carbocycles. The number of nitrogens with one attached hydrogen (secondary N) is 1. The van der Waals surface area contributed by atoms with Gasteiger partial charge in [0.2, 0.25) is 0 Å². The second-order valence-corrected chi connectivity index (χ2v) is 3.75. The van der Waals surface area contributed by atoms with Crippen LogP contribution in [0.5, 0.6) is 0 Å². The minimum Gasteiger partial charge on any atom is -0.379 e. The van der Waals surface area contributed by atoms with Crippen molar-refractivity contribution >= 4 is 11.4 Å². The van der Waals surface area contributed by atoms with Crippen LogP contribution in [0.2, 0.25) is 0 Å². The Bertz CT molecular complexity index is 509. The van der Waals surface area contributed by atoms with Crippen LogP contribution in [0.15, 0.2) is 18.2 Å². The van der Waals surface area contributed by atoms with Crippen molar-refractivity contribution in [3.63, 3.8) is 0 Å². The van der Waals surface area contributed by atoms with E-state index in [0.717, 1.165) is 6.07 Å². The quantitative estimate of drug-likeness (QED) is 0.507. The van der Waals surface area contributed by atoms with E-state index in [2.05, 4.69) is 5.32 Å². The highest BCUT2D eigenvalue weighted by atomic mass is 19.4. The van der Waals surface area contributed by atoms with Gasteiger partial charge in [0.05, 0.1) is 16.6 Å². The van der Waals surface area contributed by atoms with Gasteiger partial charge in [0.15, 0.2) is 0 Å². The Hall–Kier alpha value is -2.30. The van der Waals surface area contributed by atoms with Crippen molar-refractivity contribution in [1.29, 1.82) is 5.26 Å². The van der Waals surface area contributed by atoms with Crippen molar-refractivity contribution in [1.82, 2.24) is 0 Å². The standard InChI is InChI=1S/C11H10F3N3O2/c12-11(13,14)4-1-5-16-9-6-8(7-15)2-3-10(9)17(18)19/h2-3,6,16H,1,4-5H2. The molecular formula is C11H10F3N3O2. The second-order valence-electron chi connectivity index (χ2n) is 3.75. The molecule has 0 aliphatic rings. The van der Waals surface area contributed by atoms with Gasteiger partial charge in [-0.2, -0.15) is 18.4 Å². The average molecular weight is 273 g/mol. The summed E-state index contributed by atoms with van der Waals surface area (Å²) in [5, 5.41) is 21.9. The number of hydrogen-bond acceptors (Lipinski definition) is 4. The Morgan fingerprint density at radius 3 is 2.63 bits per heavy atom. The van der Waals surface area contributed by atoms with Crippen molar-refractivity contribution in [2.75, 3.05) is 11.9 Å². The molecule has 1 aromatic rings. The first kappa shape index (κ1) is 14.8. The highest BCUT2D eigenvalue weighted by Gasteiger charge is 2.26. The van der Waals surface area contributed by atoms with E-state index >= 15 is 0 Å².